The van der Waals surface area contributed by atoms with Crippen molar-refractivity contribution in [2.24, 2.45) is 0 Å². The van der Waals surface area contributed by atoms with E-state index < -0.39 is 0 Å². The van der Waals surface area contributed by atoms with Crippen LogP contribution in [-0.2, 0) is 0 Å². The number of hydrogen-bond donors (Lipinski definition) is 1. The Balaban J connectivity index is 2.20. The molecule has 0 spiro atoms. The second-order valence-corrected chi connectivity index (χ2v) is 4.62. The number of fused-ring (bicyclic) bond motifs is 2. The molecular formula is C15H11N2S. The summed E-state index contributed by atoms with van der Waals surface area (Å²) < 4.78 is 0. The van der Waals surface area contributed by atoms with Crippen molar-refractivity contribution in [1.82, 2.24) is 5.73 Å². The van der Waals surface area contributed by atoms with E-state index in [-0.39, 0.29) is 5.11 Å². The Hall–Kier alpha value is -2.13. The third-order valence-corrected chi connectivity index (χ3v) is 3.06. The van der Waals surface area contributed by atoms with Gasteiger partial charge in [-0.15, -0.1) is 0 Å². The van der Waals surface area contributed by atoms with Crippen LogP contribution in [0.3, 0.4) is 0 Å². The van der Waals surface area contributed by atoms with Crippen LogP contribution in [0.1, 0.15) is 0 Å². The predicted molar refractivity (Wildman–Crippen MR) is 80.8 cm³/mol. The van der Waals surface area contributed by atoms with Crippen LogP contribution in [-0.4, -0.2) is 5.11 Å². The first kappa shape index (κ1) is 11.0. The summed E-state index contributed by atoms with van der Waals surface area (Å²) in [7, 11) is 0. The second kappa shape index (κ2) is 4.27. The van der Waals surface area contributed by atoms with E-state index in [1.807, 2.05) is 30.3 Å². The van der Waals surface area contributed by atoms with Gasteiger partial charge in [0.25, 0.3) is 0 Å². The van der Waals surface area contributed by atoms with Gasteiger partial charge >= 0.3 is 0 Å². The largest absolute Gasteiger partial charge is 0.331 e. The van der Waals surface area contributed by atoms with Crippen LogP contribution >= 0.6 is 12.2 Å². The van der Waals surface area contributed by atoms with Gasteiger partial charge in [-0.25, -0.2) is 0 Å². The molecule has 0 aromatic heterocycles. The fraction of sp³-hybridized carbons (Fsp3) is 0. The Kier molecular flexibility index (Phi) is 2.61. The highest BCUT2D eigenvalue weighted by Gasteiger charge is 2.00. The molecule has 0 unspecified atom stereocenters. The van der Waals surface area contributed by atoms with Gasteiger partial charge in [0, 0.05) is 5.69 Å². The van der Waals surface area contributed by atoms with Gasteiger partial charge in [-0.1, -0.05) is 30.3 Å². The molecule has 2 nitrogen and oxygen atoms in total. The molecule has 0 saturated heterocycles. The van der Waals surface area contributed by atoms with E-state index in [0.29, 0.717) is 0 Å². The van der Waals surface area contributed by atoms with Gasteiger partial charge in [0.1, 0.15) is 0 Å². The fourth-order valence-corrected chi connectivity index (χ4v) is 2.27. The Labute approximate surface area is 110 Å². The van der Waals surface area contributed by atoms with Crippen molar-refractivity contribution in [3.8, 4) is 0 Å². The predicted octanol–water partition coefficient (Wildman–Crippen LogP) is 3.97. The molecule has 1 radical (unpaired) electrons. The van der Waals surface area contributed by atoms with E-state index in [2.05, 4.69) is 29.6 Å². The highest BCUT2D eigenvalue weighted by atomic mass is 32.1. The Morgan fingerprint density at radius 2 is 1.44 bits per heavy atom. The molecule has 0 bridgehead atoms. The smallest absolute Gasteiger partial charge is 0.189 e. The molecule has 87 valence electrons. The topological polar surface area (TPSA) is 35.8 Å². The lowest BCUT2D eigenvalue weighted by atomic mass is 10.0. The summed E-state index contributed by atoms with van der Waals surface area (Å²) in [6, 6.07) is 18.6. The monoisotopic (exact) mass is 251 g/mol. The van der Waals surface area contributed by atoms with Crippen molar-refractivity contribution in [2.75, 3.05) is 5.32 Å². The lowest BCUT2D eigenvalue weighted by Gasteiger charge is -2.06. The SMILES string of the molecule is [NH]C(=S)Nc1ccc2cc3ccccc3cc2c1. The Morgan fingerprint density at radius 1 is 0.833 bits per heavy atom. The maximum Gasteiger partial charge on any atom is 0.189 e. The molecule has 0 amide bonds. The summed E-state index contributed by atoms with van der Waals surface area (Å²) in [5.74, 6) is 0. The molecular weight excluding hydrogens is 240 g/mol. The maximum absolute atomic E-state index is 7.27. The third kappa shape index (κ3) is 2.00. The van der Waals surface area contributed by atoms with Gasteiger partial charge in [-0.05, 0) is 58.0 Å². The zero-order valence-corrected chi connectivity index (χ0v) is 10.4. The first-order valence-corrected chi connectivity index (χ1v) is 6.08. The summed E-state index contributed by atoms with van der Waals surface area (Å²) in [5, 5.41) is 7.67. The van der Waals surface area contributed by atoms with Crippen LogP contribution in [0.15, 0.2) is 54.6 Å². The van der Waals surface area contributed by atoms with Gasteiger partial charge in [-0.2, -0.15) is 0 Å². The van der Waals surface area contributed by atoms with E-state index in [1.165, 1.54) is 16.2 Å². The zero-order valence-electron chi connectivity index (χ0n) is 9.60. The lowest BCUT2D eigenvalue weighted by molar-refractivity contribution is 1.60. The molecule has 0 atom stereocenters. The molecule has 3 heteroatoms. The molecule has 2 N–H and O–H groups in total. The van der Waals surface area contributed by atoms with Crippen molar-refractivity contribution in [1.29, 1.82) is 0 Å². The summed E-state index contributed by atoms with van der Waals surface area (Å²) in [5.41, 5.74) is 8.13. The minimum Gasteiger partial charge on any atom is -0.331 e. The first-order valence-electron chi connectivity index (χ1n) is 5.67. The summed E-state index contributed by atoms with van der Waals surface area (Å²) in [6.45, 7) is 0. The minimum atomic E-state index is 0.0372. The van der Waals surface area contributed by atoms with Gasteiger partial charge < -0.3 is 5.32 Å². The minimum absolute atomic E-state index is 0.0372. The number of rotatable bonds is 1. The molecule has 3 aromatic carbocycles. The van der Waals surface area contributed by atoms with Gasteiger partial charge in [0.05, 0.1) is 0 Å². The lowest BCUT2D eigenvalue weighted by Crippen LogP contribution is -2.08. The average Bonchev–Trinajstić information content (AvgIpc) is 2.35. The molecule has 0 aliphatic carbocycles. The van der Waals surface area contributed by atoms with E-state index in [4.69, 9.17) is 18.0 Å². The highest BCUT2D eigenvalue weighted by Crippen LogP contribution is 2.25. The van der Waals surface area contributed by atoms with Crippen LogP contribution in [0.4, 0.5) is 5.69 Å². The molecule has 0 fully saturated rings. The molecule has 0 saturated carbocycles. The normalized spacial score (nSPS) is 10.7. The van der Waals surface area contributed by atoms with Crippen LogP contribution in [0, 0.1) is 0 Å². The Bertz CT molecular complexity index is 750. The summed E-state index contributed by atoms with van der Waals surface area (Å²) in [6.07, 6.45) is 0. The summed E-state index contributed by atoms with van der Waals surface area (Å²) >= 11 is 4.73. The first-order chi connectivity index (χ1) is 8.72. The number of thiocarbonyl (C=S) groups is 1. The summed E-state index contributed by atoms with van der Waals surface area (Å²) in [4.78, 5) is 0. The van der Waals surface area contributed by atoms with Crippen molar-refractivity contribution in [2.45, 2.75) is 0 Å². The number of hydrogen-bond acceptors (Lipinski definition) is 1. The van der Waals surface area contributed by atoms with Crippen molar-refractivity contribution >= 4 is 44.6 Å². The highest BCUT2D eigenvalue weighted by molar-refractivity contribution is 7.80. The van der Waals surface area contributed by atoms with Crippen LogP contribution < -0.4 is 11.1 Å². The molecule has 0 aliphatic heterocycles. The van der Waals surface area contributed by atoms with E-state index >= 15 is 0 Å². The fourth-order valence-electron chi connectivity index (χ4n) is 2.15. The van der Waals surface area contributed by atoms with Crippen molar-refractivity contribution in [3.63, 3.8) is 0 Å². The third-order valence-electron chi connectivity index (χ3n) is 2.96. The molecule has 0 heterocycles. The van der Waals surface area contributed by atoms with Gasteiger partial charge in [0.2, 0.25) is 0 Å². The van der Waals surface area contributed by atoms with E-state index in [1.54, 1.807) is 0 Å². The molecule has 0 aliphatic rings. The van der Waals surface area contributed by atoms with E-state index in [0.717, 1.165) is 11.1 Å². The number of nitrogens with one attached hydrogen (secondary N) is 2. The van der Waals surface area contributed by atoms with Crippen molar-refractivity contribution < 1.29 is 0 Å². The van der Waals surface area contributed by atoms with Crippen LogP contribution in [0.25, 0.3) is 21.5 Å². The Morgan fingerprint density at radius 3 is 2.11 bits per heavy atom. The zero-order chi connectivity index (χ0) is 12.5. The average molecular weight is 251 g/mol. The standard InChI is InChI=1S/C15H11N2S/c16-15(18)17-14-6-5-12-7-10-3-1-2-4-11(10)8-13(12)9-14/h1-9,16H,(H,17,18). The van der Waals surface area contributed by atoms with Crippen molar-refractivity contribution in [3.05, 3.63) is 54.6 Å². The quantitative estimate of drug-likeness (QED) is 0.524. The molecule has 3 aromatic rings. The maximum atomic E-state index is 7.27. The molecule has 18 heavy (non-hydrogen) atoms. The number of benzene rings is 3. The van der Waals surface area contributed by atoms with Crippen LogP contribution in [0.2, 0.25) is 0 Å². The van der Waals surface area contributed by atoms with Gasteiger partial charge in [0.15, 0.2) is 5.11 Å². The number of anilines is 1. The van der Waals surface area contributed by atoms with E-state index in [9.17, 15) is 0 Å². The molecule has 3 rings (SSSR count). The second-order valence-electron chi connectivity index (χ2n) is 4.22. The van der Waals surface area contributed by atoms with Crippen LogP contribution in [0.5, 0.6) is 0 Å². The van der Waals surface area contributed by atoms with Gasteiger partial charge in [-0.3, -0.25) is 5.73 Å².